The number of rotatable bonds is 9. The van der Waals surface area contributed by atoms with Crippen molar-refractivity contribution in [1.29, 1.82) is 0 Å². The number of piperidine rings is 1. The van der Waals surface area contributed by atoms with E-state index in [1.54, 1.807) is 17.0 Å². The van der Waals surface area contributed by atoms with Gasteiger partial charge in [0, 0.05) is 25.9 Å². The van der Waals surface area contributed by atoms with Crippen LogP contribution in [-0.4, -0.2) is 47.0 Å². The Labute approximate surface area is 159 Å². The Morgan fingerprint density at radius 3 is 2.63 bits per heavy atom. The predicted octanol–water partition coefficient (Wildman–Crippen LogP) is 2.34. The molecule has 2 amide bonds. The molecule has 1 aromatic rings. The zero-order valence-electron chi connectivity index (χ0n) is 15.8. The van der Waals surface area contributed by atoms with E-state index in [2.05, 4.69) is 5.32 Å². The summed E-state index contributed by atoms with van der Waals surface area (Å²) in [5.41, 5.74) is 0.936. The van der Waals surface area contributed by atoms with Crippen molar-refractivity contribution >= 4 is 17.8 Å². The number of aliphatic carboxylic acids is 1. The molecule has 148 valence electrons. The van der Waals surface area contributed by atoms with Crippen molar-refractivity contribution in [3.8, 4) is 5.75 Å². The summed E-state index contributed by atoms with van der Waals surface area (Å²) in [6, 6.07) is 6.96. The summed E-state index contributed by atoms with van der Waals surface area (Å²) < 4.78 is 5.49. The van der Waals surface area contributed by atoms with Gasteiger partial charge < -0.3 is 20.1 Å². The van der Waals surface area contributed by atoms with Crippen LogP contribution in [0.3, 0.4) is 0 Å². The lowest BCUT2D eigenvalue weighted by Crippen LogP contribution is -2.51. The lowest BCUT2D eigenvalue weighted by molar-refractivity contribution is -0.142. The third-order valence-electron chi connectivity index (χ3n) is 4.62. The second-order valence-corrected chi connectivity index (χ2v) is 6.66. The summed E-state index contributed by atoms with van der Waals surface area (Å²) in [7, 11) is 0. The van der Waals surface area contributed by atoms with E-state index in [0.29, 0.717) is 44.7 Å². The van der Waals surface area contributed by atoms with Gasteiger partial charge in [-0.05, 0) is 43.4 Å². The highest BCUT2D eigenvalue weighted by Crippen LogP contribution is 2.18. The highest BCUT2D eigenvalue weighted by atomic mass is 16.5. The minimum absolute atomic E-state index is 0.0271. The molecule has 1 atom stereocenters. The fourth-order valence-electron chi connectivity index (χ4n) is 3.13. The molecule has 0 saturated carbocycles. The normalized spacial score (nSPS) is 16.6. The Balaban J connectivity index is 1.80. The average molecular weight is 376 g/mol. The Hall–Kier alpha value is -2.57. The number of likely N-dealkylation sites (tertiary alicyclic amines) is 1. The van der Waals surface area contributed by atoms with Crippen LogP contribution in [0.2, 0.25) is 0 Å². The Morgan fingerprint density at radius 2 is 1.96 bits per heavy atom. The number of ether oxygens (including phenoxy) is 1. The van der Waals surface area contributed by atoms with Crippen molar-refractivity contribution in [2.45, 2.75) is 58.0 Å². The molecular formula is C20H28N2O5. The molecule has 1 aromatic carbocycles. The minimum atomic E-state index is -0.832. The molecule has 2 N–H and O–H groups in total. The summed E-state index contributed by atoms with van der Waals surface area (Å²) in [6.07, 6.45) is 3.58. The van der Waals surface area contributed by atoms with Gasteiger partial charge in [-0.2, -0.15) is 0 Å². The maximum absolute atomic E-state index is 12.5. The summed E-state index contributed by atoms with van der Waals surface area (Å²) in [5.74, 6) is -0.242. The maximum atomic E-state index is 12.5. The quantitative estimate of drug-likeness (QED) is 0.645. The van der Waals surface area contributed by atoms with Crippen LogP contribution in [0.25, 0.3) is 0 Å². The van der Waals surface area contributed by atoms with Crippen LogP contribution < -0.4 is 10.1 Å². The van der Waals surface area contributed by atoms with Gasteiger partial charge in [0.15, 0.2) is 0 Å². The summed E-state index contributed by atoms with van der Waals surface area (Å²) >= 11 is 0. The van der Waals surface area contributed by atoms with Gasteiger partial charge in [0.1, 0.15) is 11.8 Å². The van der Waals surface area contributed by atoms with Gasteiger partial charge in [0.05, 0.1) is 6.61 Å². The van der Waals surface area contributed by atoms with Crippen LogP contribution in [0.1, 0.15) is 51.0 Å². The molecule has 1 aliphatic rings. The van der Waals surface area contributed by atoms with Gasteiger partial charge in [-0.15, -0.1) is 0 Å². The van der Waals surface area contributed by atoms with Gasteiger partial charge in [0.25, 0.3) is 0 Å². The maximum Gasteiger partial charge on any atom is 0.303 e. The molecule has 2 rings (SSSR count). The number of nitrogens with zero attached hydrogens (tertiary/aromatic N) is 1. The first kappa shape index (κ1) is 20.7. The second kappa shape index (κ2) is 10.5. The monoisotopic (exact) mass is 376 g/mol. The topological polar surface area (TPSA) is 95.9 Å². The molecule has 1 saturated heterocycles. The molecular weight excluding hydrogens is 348 g/mol. The second-order valence-electron chi connectivity index (χ2n) is 6.66. The van der Waals surface area contributed by atoms with Crippen molar-refractivity contribution in [2.75, 3.05) is 13.2 Å². The first-order valence-electron chi connectivity index (χ1n) is 9.52. The van der Waals surface area contributed by atoms with E-state index < -0.39 is 5.97 Å². The highest BCUT2D eigenvalue weighted by molar-refractivity contribution is 5.87. The molecule has 27 heavy (non-hydrogen) atoms. The van der Waals surface area contributed by atoms with Crippen LogP contribution in [0.4, 0.5) is 0 Å². The molecule has 1 unspecified atom stereocenters. The molecule has 7 nitrogen and oxygen atoms in total. The van der Waals surface area contributed by atoms with E-state index in [9.17, 15) is 14.4 Å². The lowest BCUT2D eigenvalue weighted by Gasteiger charge is -2.34. The first-order valence-corrected chi connectivity index (χ1v) is 9.52. The molecule has 0 radical (unpaired) electrons. The molecule has 0 aliphatic carbocycles. The van der Waals surface area contributed by atoms with Crippen molar-refractivity contribution in [1.82, 2.24) is 10.2 Å². The van der Waals surface area contributed by atoms with E-state index in [4.69, 9.17) is 9.84 Å². The van der Waals surface area contributed by atoms with Crippen LogP contribution in [0.5, 0.6) is 5.75 Å². The molecule has 1 fully saturated rings. The third kappa shape index (κ3) is 6.58. The van der Waals surface area contributed by atoms with Gasteiger partial charge in [-0.1, -0.05) is 19.1 Å². The van der Waals surface area contributed by atoms with Crippen molar-refractivity contribution in [2.24, 2.45) is 0 Å². The summed E-state index contributed by atoms with van der Waals surface area (Å²) in [4.78, 5) is 36.7. The molecule has 0 aromatic heterocycles. The van der Waals surface area contributed by atoms with Crippen LogP contribution >= 0.6 is 0 Å². The molecule has 1 aliphatic heterocycles. The summed E-state index contributed by atoms with van der Waals surface area (Å²) in [5, 5.41) is 11.5. The SMILES string of the molecule is CCC(=O)N1CCCCC1C(=O)NCc1ccc(OCCCC(=O)O)cc1. The standard InChI is InChI=1S/C20H28N2O5/c1-2-18(23)22-12-4-3-6-17(22)20(26)21-14-15-8-10-16(11-9-15)27-13-5-7-19(24)25/h8-11,17H,2-7,12-14H2,1H3,(H,21,26)(H,24,25). The van der Waals surface area contributed by atoms with Crippen molar-refractivity contribution in [3.63, 3.8) is 0 Å². The minimum Gasteiger partial charge on any atom is -0.494 e. The number of hydrogen-bond donors (Lipinski definition) is 2. The zero-order valence-corrected chi connectivity index (χ0v) is 15.8. The number of carboxylic acid groups (broad SMARTS) is 1. The number of carbonyl (C=O) groups excluding carboxylic acids is 2. The lowest BCUT2D eigenvalue weighted by atomic mass is 10.0. The largest absolute Gasteiger partial charge is 0.494 e. The van der Waals surface area contributed by atoms with E-state index in [-0.39, 0.29) is 24.3 Å². The fourth-order valence-corrected chi connectivity index (χ4v) is 3.13. The van der Waals surface area contributed by atoms with Crippen molar-refractivity contribution < 1.29 is 24.2 Å². The Morgan fingerprint density at radius 1 is 1.22 bits per heavy atom. The van der Waals surface area contributed by atoms with Gasteiger partial charge in [-0.25, -0.2) is 0 Å². The van der Waals surface area contributed by atoms with Crippen LogP contribution in [0.15, 0.2) is 24.3 Å². The number of nitrogens with one attached hydrogen (secondary N) is 1. The number of carbonyl (C=O) groups is 3. The number of hydrogen-bond acceptors (Lipinski definition) is 4. The summed E-state index contributed by atoms with van der Waals surface area (Å²) in [6.45, 7) is 3.21. The third-order valence-corrected chi connectivity index (χ3v) is 4.62. The van der Waals surface area contributed by atoms with E-state index in [1.165, 1.54) is 0 Å². The molecule has 1 heterocycles. The van der Waals surface area contributed by atoms with Crippen LogP contribution in [0, 0.1) is 0 Å². The van der Waals surface area contributed by atoms with Crippen molar-refractivity contribution in [3.05, 3.63) is 29.8 Å². The predicted molar refractivity (Wildman–Crippen MR) is 100 cm³/mol. The average Bonchev–Trinajstić information content (AvgIpc) is 2.69. The fraction of sp³-hybridized carbons (Fsp3) is 0.550. The van der Waals surface area contributed by atoms with Gasteiger partial charge in [-0.3, -0.25) is 14.4 Å². The highest BCUT2D eigenvalue weighted by Gasteiger charge is 2.30. The van der Waals surface area contributed by atoms with Gasteiger partial charge in [0.2, 0.25) is 11.8 Å². The van der Waals surface area contributed by atoms with Gasteiger partial charge >= 0.3 is 5.97 Å². The molecule has 0 spiro atoms. The Bertz CT molecular complexity index is 644. The van der Waals surface area contributed by atoms with E-state index in [0.717, 1.165) is 18.4 Å². The first-order chi connectivity index (χ1) is 13.0. The zero-order chi connectivity index (χ0) is 19.6. The van der Waals surface area contributed by atoms with E-state index >= 15 is 0 Å². The number of amides is 2. The smallest absolute Gasteiger partial charge is 0.303 e. The van der Waals surface area contributed by atoms with Crippen LogP contribution in [-0.2, 0) is 20.9 Å². The molecule has 7 heteroatoms. The Kier molecular flexibility index (Phi) is 8.10. The number of carboxylic acids is 1. The van der Waals surface area contributed by atoms with E-state index in [1.807, 2.05) is 19.1 Å². The molecule has 0 bridgehead atoms. The number of benzene rings is 1.